The Balaban J connectivity index is 0.00000225. The van der Waals surface area contributed by atoms with Gasteiger partial charge in [0.1, 0.15) is 0 Å². The summed E-state index contributed by atoms with van der Waals surface area (Å²) in [5.74, 6) is 0. The summed E-state index contributed by atoms with van der Waals surface area (Å²) in [6, 6.07) is 18.9. The highest BCUT2D eigenvalue weighted by molar-refractivity contribution is 7.53. The van der Waals surface area contributed by atoms with Crippen molar-refractivity contribution in [2.45, 2.75) is 19.8 Å². The second-order valence-electron chi connectivity index (χ2n) is 7.10. The summed E-state index contributed by atoms with van der Waals surface area (Å²) < 4.78 is 48.2. The summed E-state index contributed by atoms with van der Waals surface area (Å²) in [5.41, 5.74) is 1.23. The predicted molar refractivity (Wildman–Crippen MR) is 108 cm³/mol. The number of hydrogen-bond acceptors (Lipinski definition) is 6. The Morgan fingerprint density at radius 3 is 1.29 bits per heavy atom. The van der Waals surface area contributed by atoms with Gasteiger partial charge in [-0.05, 0) is 11.1 Å². The Morgan fingerprint density at radius 1 is 0.643 bits per heavy atom. The fraction of sp³-hybridized carbons (Fsp3) is 0.400. The molecular weight excluding hydrogens is 398 g/mol. The van der Waals surface area contributed by atoms with Gasteiger partial charge in [0, 0.05) is 0 Å². The fourth-order valence-corrected chi connectivity index (χ4v) is 6.77. The third-order valence-corrected chi connectivity index (χ3v) is 8.30. The monoisotopic (exact) mass is 424 g/mol. The van der Waals surface area contributed by atoms with Crippen molar-refractivity contribution in [3.8, 4) is 0 Å². The van der Waals surface area contributed by atoms with Crippen molar-refractivity contribution in [1.82, 2.24) is 0 Å². The van der Waals surface area contributed by atoms with Gasteiger partial charge in [-0.25, -0.2) is 0 Å². The number of rotatable bonds is 4. The van der Waals surface area contributed by atoms with E-state index in [-0.39, 0.29) is 46.2 Å². The van der Waals surface area contributed by atoms with Crippen molar-refractivity contribution >= 4 is 15.2 Å². The first-order valence-electron chi connectivity index (χ1n) is 8.83. The van der Waals surface area contributed by atoms with Gasteiger partial charge in [0.05, 0.1) is 44.2 Å². The van der Waals surface area contributed by atoms with Gasteiger partial charge in [0.2, 0.25) is 0 Å². The average Bonchev–Trinajstić information content (AvgIpc) is 2.69. The van der Waals surface area contributed by atoms with Gasteiger partial charge in [-0.1, -0.05) is 68.1 Å². The number of hydrogen-bond donors (Lipinski definition) is 0. The highest BCUT2D eigenvalue weighted by atomic mass is 31.2. The molecule has 0 bridgehead atoms. The van der Waals surface area contributed by atoms with Gasteiger partial charge in [-0.15, -0.1) is 0 Å². The molecule has 0 amide bonds. The molecule has 0 aliphatic carbocycles. The second kappa shape index (κ2) is 8.62. The zero-order valence-corrected chi connectivity index (χ0v) is 16.6. The minimum Gasteiger partial charge on any atom is -0.307 e. The summed E-state index contributed by atoms with van der Waals surface area (Å²) in [4.78, 5) is 0. The standard InChI is InChI=1S/C19H22O6P2.CH4/c20-26(11-17-7-3-1-4-8-17)22-13-19(14-23-26)15-24-27(21,25-16-19)12-18-9-5-2-6-10-18;/h1-10H,11-16H2;1H4. The summed E-state index contributed by atoms with van der Waals surface area (Å²) in [6.07, 6.45) is 0.469. The van der Waals surface area contributed by atoms with Crippen LogP contribution in [0.15, 0.2) is 60.7 Å². The molecule has 2 aromatic carbocycles. The van der Waals surface area contributed by atoms with E-state index in [1.54, 1.807) is 0 Å². The van der Waals surface area contributed by atoms with E-state index in [9.17, 15) is 9.13 Å². The molecule has 4 rings (SSSR count). The summed E-state index contributed by atoms with van der Waals surface area (Å²) in [7, 11) is -6.39. The molecule has 6 nitrogen and oxygen atoms in total. The largest absolute Gasteiger partial charge is 0.335 e. The maximum absolute atomic E-state index is 12.8. The molecule has 2 fully saturated rings. The predicted octanol–water partition coefficient (Wildman–Crippen LogP) is 5.49. The van der Waals surface area contributed by atoms with E-state index in [1.165, 1.54) is 0 Å². The van der Waals surface area contributed by atoms with Gasteiger partial charge in [0.25, 0.3) is 0 Å². The van der Waals surface area contributed by atoms with Crippen molar-refractivity contribution in [2.75, 3.05) is 26.4 Å². The quantitative estimate of drug-likeness (QED) is 0.605. The SMILES string of the molecule is C.O=P1(Cc2ccccc2)OCC2(CO1)COP(=O)(Cc1ccccc1)OC2. The van der Waals surface area contributed by atoms with Crippen LogP contribution < -0.4 is 0 Å². The maximum Gasteiger partial charge on any atom is 0.335 e. The Kier molecular flexibility index (Phi) is 6.61. The van der Waals surface area contributed by atoms with Gasteiger partial charge in [0.15, 0.2) is 0 Å². The van der Waals surface area contributed by atoms with Crippen molar-refractivity contribution in [3.63, 3.8) is 0 Å². The molecule has 28 heavy (non-hydrogen) atoms. The first-order chi connectivity index (χ1) is 13.0. The number of benzene rings is 2. The lowest BCUT2D eigenvalue weighted by atomic mass is 9.93. The molecule has 1 spiro atoms. The van der Waals surface area contributed by atoms with Crippen LogP contribution in [0, 0.1) is 5.41 Å². The van der Waals surface area contributed by atoms with Gasteiger partial charge < -0.3 is 18.1 Å². The Hall–Kier alpha value is -1.26. The van der Waals surface area contributed by atoms with Crippen LogP contribution in [0.3, 0.4) is 0 Å². The van der Waals surface area contributed by atoms with E-state index in [4.69, 9.17) is 18.1 Å². The van der Waals surface area contributed by atoms with E-state index < -0.39 is 20.6 Å². The van der Waals surface area contributed by atoms with Gasteiger partial charge in [-0.2, -0.15) is 0 Å². The lowest BCUT2D eigenvalue weighted by Gasteiger charge is -2.42. The van der Waals surface area contributed by atoms with Crippen LogP contribution >= 0.6 is 15.2 Å². The van der Waals surface area contributed by atoms with Gasteiger partial charge >= 0.3 is 15.2 Å². The van der Waals surface area contributed by atoms with E-state index >= 15 is 0 Å². The van der Waals surface area contributed by atoms with Crippen molar-refractivity contribution in [3.05, 3.63) is 71.8 Å². The molecule has 2 aliphatic rings. The molecule has 2 aromatic rings. The van der Waals surface area contributed by atoms with Crippen LogP contribution in [0.25, 0.3) is 0 Å². The Morgan fingerprint density at radius 2 is 0.964 bits per heavy atom. The highest BCUT2D eigenvalue weighted by Crippen LogP contribution is 2.61. The van der Waals surface area contributed by atoms with Crippen LogP contribution in [0.5, 0.6) is 0 Å². The molecule has 2 heterocycles. The van der Waals surface area contributed by atoms with Crippen LogP contribution in [-0.2, 0) is 39.5 Å². The molecule has 152 valence electrons. The molecule has 0 unspecified atom stereocenters. The molecule has 0 N–H and O–H groups in total. The van der Waals surface area contributed by atoms with E-state index in [0.29, 0.717) is 0 Å². The zero-order chi connectivity index (χ0) is 18.8. The molecule has 0 atom stereocenters. The maximum atomic E-state index is 12.8. The normalized spacial score (nSPS) is 32.6. The molecule has 0 saturated carbocycles. The van der Waals surface area contributed by atoms with Crippen LogP contribution in [0.1, 0.15) is 18.6 Å². The Bertz CT molecular complexity index is 770. The van der Waals surface area contributed by atoms with Crippen molar-refractivity contribution < 1.29 is 27.2 Å². The molecule has 0 radical (unpaired) electrons. The second-order valence-corrected chi connectivity index (χ2v) is 11.2. The van der Waals surface area contributed by atoms with E-state index in [0.717, 1.165) is 11.1 Å². The summed E-state index contributed by atoms with van der Waals surface area (Å²) in [6.45, 7) is 0.787. The molecular formula is C20H26O6P2. The zero-order valence-electron chi connectivity index (χ0n) is 14.9. The van der Waals surface area contributed by atoms with Crippen LogP contribution in [0.2, 0.25) is 0 Å². The van der Waals surface area contributed by atoms with Crippen LogP contribution in [0.4, 0.5) is 0 Å². The smallest absolute Gasteiger partial charge is 0.307 e. The van der Waals surface area contributed by atoms with Crippen molar-refractivity contribution in [2.24, 2.45) is 5.41 Å². The molecule has 0 aromatic heterocycles. The topological polar surface area (TPSA) is 71.1 Å². The Labute approximate surface area is 166 Å². The van der Waals surface area contributed by atoms with Crippen LogP contribution in [-0.4, -0.2) is 26.4 Å². The minimum atomic E-state index is -3.20. The van der Waals surface area contributed by atoms with Crippen molar-refractivity contribution in [1.29, 1.82) is 0 Å². The lowest BCUT2D eigenvalue weighted by Crippen LogP contribution is -2.45. The third kappa shape index (κ3) is 5.01. The minimum absolute atomic E-state index is 0. The lowest BCUT2D eigenvalue weighted by molar-refractivity contribution is -0.0690. The third-order valence-electron chi connectivity index (χ3n) is 4.71. The average molecular weight is 424 g/mol. The molecule has 8 heteroatoms. The summed E-state index contributed by atoms with van der Waals surface area (Å²) >= 11 is 0. The first-order valence-corrected chi connectivity index (χ1v) is 12.3. The fourth-order valence-electron chi connectivity index (χ4n) is 3.06. The van der Waals surface area contributed by atoms with E-state index in [1.807, 2.05) is 60.7 Å². The highest BCUT2D eigenvalue weighted by Gasteiger charge is 2.48. The van der Waals surface area contributed by atoms with E-state index in [2.05, 4.69) is 0 Å². The molecule has 2 saturated heterocycles. The molecule has 2 aliphatic heterocycles. The first kappa shape index (κ1) is 21.4. The summed E-state index contributed by atoms with van der Waals surface area (Å²) in [5, 5.41) is 0. The van der Waals surface area contributed by atoms with Gasteiger partial charge in [-0.3, -0.25) is 9.13 Å².